The lowest BCUT2D eigenvalue weighted by molar-refractivity contribution is 0.274. The highest BCUT2D eigenvalue weighted by Crippen LogP contribution is 2.48. The predicted octanol–water partition coefficient (Wildman–Crippen LogP) is 5.86. The number of nitrogens with zero attached hydrogens (tertiary/aromatic N) is 3. The lowest BCUT2D eigenvalue weighted by Crippen LogP contribution is -2.43. The Morgan fingerprint density at radius 1 is 1.10 bits per heavy atom. The first kappa shape index (κ1) is 20.8. The Bertz CT molecular complexity index is 1060. The predicted molar refractivity (Wildman–Crippen MR) is 125 cm³/mol. The summed E-state index contributed by atoms with van der Waals surface area (Å²) in [6.45, 7) is 0.755. The summed E-state index contributed by atoms with van der Waals surface area (Å²) in [6.07, 6.45) is 13.0. The number of fused-ring (bicyclic) bond motifs is 4. The largest absolute Gasteiger partial charge is 0.287 e. The molecule has 0 bridgehead atoms. The van der Waals surface area contributed by atoms with Crippen molar-refractivity contribution < 1.29 is 0 Å². The van der Waals surface area contributed by atoms with Gasteiger partial charge in [0.2, 0.25) is 0 Å². The maximum absolute atomic E-state index is 14.2. The molecule has 1 heterocycles. The number of benzene rings is 1. The fourth-order valence-corrected chi connectivity index (χ4v) is 6.88. The molecule has 162 valence electrons. The molecule has 4 nitrogen and oxygen atoms in total. The molecule has 2 aromatic rings. The van der Waals surface area contributed by atoms with Crippen molar-refractivity contribution in [3.63, 3.8) is 0 Å². The number of rotatable bonds is 4. The van der Waals surface area contributed by atoms with Crippen LogP contribution in [0.25, 0.3) is 11.3 Å². The molecule has 5 rings (SSSR count). The Hall–Kier alpha value is -2.06. The first-order valence-electron chi connectivity index (χ1n) is 12.0. The van der Waals surface area contributed by atoms with Crippen molar-refractivity contribution in [3.05, 3.63) is 45.7 Å². The van der Waals surface area contributed by atoms with Crippen molar-refractivity contribution in [1.82, 2.24) is 9.55 Å². The fraction of sp³-hybridized carbons (Fsp3) is 0.577. The normalized spacial score (nSPS) is 20.1. The van der Waals surface area contributed by atoms with Crippen molar-refractivity contribution in [2.45, 2.75) is 87.7 Å². The zero-order valence-electron chi connectivity index (χ0n) is 18.2. The van der Waals surface area contributed by atoms with E-state index in [0.29, 0.717) is 11.7 Å². The highest BCUT2D eigenvalue weighted by molar-refractivity contribution is 7.99. The quantitative estimate of drug-likeness (QED) is 0.447. The zero-order chi connectivity index (χ0) is 21.3. The van der Waals surface area contributed by atoms with Crippen molar-refractivity contribution in [2.24, 2.45) is 5.92 Å². The van der Waals surface area contributed by atoms with Gasteiger partial charge in [-0.1, -0.05) is 74.6 Å². The molecule has 0 atom stereocenters. The van der Waals surface area contributed by atoms with Gasteiger partial charge in [-0.25, -0.2) is 4.98 Å². The van der Waals surface area contributed by atoms with Gasteiger partial charge in [0.15, 0.2) is 5.16 Å². The van der Waals surface area contributed by atoms with Crippen LogP contribution in [0.2, 0.25) is 0 Å². The van der Waals surface area contributed by atoms with E-state index in [1.54, 1.807) is 0 Å². The summed E-state index contributed by atoms with van der Waals surface area (Å²) in [5.74, 6) is 0.869. The standard InChI is InChI=1S/C26H31N3OS/c27-15-16-31-25-28-23-21-12-6-5-11-20(21)17-26(13-7-2-8-14-26)22(23)24(30)29(25)18-19-9-3-1-4-10-19/h5-6,11-12,19H,1-4,7-10,13-14,16-18H2. The van der Waals surface area contributed by atoms with Crippen LogP contribution in [0.1, 0.15) is 75.3 Å². The van der Waals surface area contributed by atoms with E-state index in [0.717, 1.165) is 47.8 Å². The second-order valence-corrected chi connectivity index (χ2v) is 10.6. The lowest BCUT2D eigenvalue weighted by atomic mass is 9.62. The number of thioether (sulfide) groups is 1. The van der Waals surface area contributed by atoms with Crippen LogP contribution in [0.15, 0.2) is 34.2 Å². The third-order valence-corrected chi connectivity index (χ3v) is 8.55. The summed E-state index contributed by atoms with van der Waals surface area (Å²) in [7, 11) is 0. The highest BCUT2D eigenvalue weighted by Gasteiger charge is 2.43. The van der Waals surface area contributed by atoms with Crippen molar-refractivity contribution >= 4 is 11.8 Å². The van der Waals surface area contributed by atoms with E-state index in [2.05, 4.69) is 30.3 Å². The van der Waals surface area contributed by atoms with E-state index < -0.39 is 0 Å². The third kappa shape index (κ3) is 3.84. The Morgan fingerprint density at radius 2 is 1.84 bits per heavy atom. The second kappa shape index (κ2) is 8.82. The molecule has 0 radical (unpaired) electrons. The Morgan fingerprint density at radius 3 is 2.61 bits per heavy atom. The van der Waals surface area contributed by atoms with Gasteiger partial charge >= 0.3 is 0 Å². The van der Waals surface area contributed by atoms with E-state index in [9.17, 15) is 10.1 Å². The molecule has 0 N–H and O–H groups in total. The molecule has 31 heavy (non-hydrogen) atoms. The summed E-state index contributed by atoms with van der Waals surface area (Å²) in [4.78, 5) is 19.3. The first-order valence-corrected chi connectivity index (χ1v) is 12.9. The SMILES string of the molecule is N#CCSc1nc2c(c(=O)n1CC1CCCCC1)C1(CCCCC1)Cc1ccccc1-2. The zero-order valence-corrected chi connectivity index (χ0v) is 19.1. The van der Waals surface area contributed by atoms with E-state index in [1.165, 1.54) is 68.7 Å². The van der Waals surface area contributed by atoms with Gasteiger partial charge in [-0.05, 0) is 43.6 Å². The molecule has 0 aliphatic heterocycles. The Labute approximate surface area is 189 Å². The summed E-state index contributed by atoms with van der Waals surface area (Å²) < 4.78 is 1.96. The van der Waals surface area contributed by atoms with Crippen molar-refractivity contribution in [2.75, 3.05) is 5.75 Å². The van der Waals surface area contributed by atoms with Crippen LogP contribution in [-0.2, 0) is 18.4 Å². The van der Waals surface area contributed by atoms with Crippen LogP contribution < -0.4 is 5.56 Å². The molecule has 5 heteroatoms. The van der Waals surface area contributed by atoms with Crippen molar-refractivity contribution in [1.29, 1.82) is 5.26 Å². The molecule has 0 saturated heterocycles. The van der Waals surface area contributed by atoms with Crippen LogP contribution in [0, 0.1) is 17.2 Å². The van der Waals surface area contributed by atoms with Gasteiger partial charge in [0.25, 0.3) is 5.56 Å². The Balaban J connectivity index is 1.69. The maximum atomic E-state index is 14.2. The van der Waals surface area contributed by atoms with Crippen LogP contribution in [0.4, 0.5) is 0 Å². The maximum Gasteiger partial charge on any atom is 0.258 e. The molecule has 3 aliphatic carbocycles. The van der Waals surface area contributed by atoms with Crippen molar-refractivity contribution in [3.8, 4) is 17.3 Å². The first-order chi connectivity index (χ1) is 15.2. The van der Waals surface area contributed by atoms with E-state index >= 15 is 0 Å². The molecule has 1 aromatic heterocycles. The number of hydrogen-bond acceptors (Lipinski definition) is 4. The molecule has 2 saturated carbocycles. The Kier molecular flexibility index (Phi) is 5.93. The third-order valence-electron chi connectivity index (χ3n) is 7.71. The van der Waals surface area contributed by atoms with Crippen LogP contribution in [-0.4, -0.2) is 15.3 Å². The van der Waals surface area contributed by atoms with Gasteiger partial charge in [-0.15, -0.1) is 0 Å². The number of nitriles is 1. The molecule has 0 amide bonds. The van der Waals surface area contributed by atoms with Crippen LogP contribution >= 0.6 is 11.8 Å². The number of aromatic nitrogens is 2. The summed E-state index contributed by atoms with van der Waals surface area (Å²) in [5, 5.41) is 9.95. The fourth-order valence-electron chi connectivity index (χ4n) is 6.22. The molecule has 0 unspecified atom stereocenters. The summed E-state index contributed by atoms with van der Waals surface area (Å²) in [5.41, 5.74) is 4.42. The summed E-state index contributed by atoms with van der Waals surface area (Å²) >= 11 is 1.42. The smallest absolute Gasteiger partial charge is 0.258 e. The molecular weight excluding hydrogens is 402 g/mol. The average Bonchev–Trinajstić information content (AvgIpc) is 2.80. The molecular formula is C26H31N3OS. The summed E-state index contributed by atoms with van der Waals surface area (Å²) in [6, 6.07) is 10.7. The van der Waals surface area contributed by atoms with E-state index in [4.69, 9.17) is 4.98 Å². The molecule has 2 fully saturated rings. The van der Waals surface area contributed by atoms with Gasteiger partial charge in [0.1, 0.15) is 0 Å². The molecule has 1 spiro atoms. The van der Waals surface area contributed by atoms with Gasteiger partial charge in [-0.3, -0.25) is 9.36 Å². The minimum atomic E-state index is -0.0707. The minimum absolute atomic E-state index is 0.0707. The average molecular weight is 434 g/mol. The minimum Gasteiger partial charge on any atom is -0.287 e. The van der Waals surface area contributed by atoms with Crippen LogP contribution in [0.5, 0.6) is 0 Å². The number of hydrogen-bond donors (Lipinski definition) is 0. The molecule has 3 aliphatic rings. The van der Waals surface area contributed by atoms with Gasteiger partial charge in [-0.2, -0.15) is 5.26 Å². The highest BCUT2D eigenvalue weighted by atomic mass is 32.2. The van der Waals surface area contributed by atoms with Gasteiger partial charge < -0.3 is 0 Å². The molecule has 1 aromatic carbocycles. The van der Waals surface area contributed by atoms with E-state index in [1.807, 2.05) is 4.57 Å². The van der Waals surface area contributed by atoms with Gasteiger partial charge in [0.05, 0.1) is 23.1 Å². The topological polar surface area (TPSA) is 58.7 Å². The van der Waals surface area contributed by atoms with Gasteiger partial charge in [0, 0.05) is 17.5 Å². The van der Waals surface area contributed by atoms with E-state index in [-0.39, 0.29) is 11.0 Å². The second-order valence-electron chi connectivity index (χ2n) is 9.66. The lowest BCUT2D eigenvalue weighted by Gasteiger charge is -2.42. The monoisotopic (exact) mass is 433 g/mol. The van der Waals surface area contributed by atoms with Crippen LogP contribution in [0.3, 0.4) is 0 Å².